The van der Waals surface area contributed by atoms with Crippen LogP contribution >= 0.6 is 0 Å². The number of aromatic nitrogens is 5. The van der Waals surface area contributed by atoms with Crippen LogP contribution in [-0.4, -0.2) is 149 Å². The third-order valence-electron chi connectivity index (χ3n) is 12.1. The molecule has 0 saturated carbocycles. The molecule has 3 saturated heterocycles. The van der Waals surface area contributed by atoms with Crippen LogP contribution in [-0.2, 0) is 29.2 Å². The van der Waals surface area contributed by atoms with Gasteiger partial charge in [-0.1, -0.05) is 32.0 Å². The molecular formula is C42H53N11O7. The van der Waals surface area contributed by atoms with E-state index in [4.69, 9.17) is 25.4 Å². The Balaban J connectivity index is 0.861. The zero-order valence-electron chi connectivity index (χ0n) is 34.1. The number of hydrogen-bond acceptors (Lipinski definition) is 16. The second kappa shape index (κ2) is 17.1. The number of fused-ring (bicyclic) bond motifs is 1. The normalized spacial score (nSPS) is 19.5. The zero-order valence-corrected chi connectivity index (χ0v) is 34.1. The molecule has 6 N–H and O–H groups in total. The van der Waals surface area contributed by atoms with Crippen molar-refractivity contribution in [3.05, 3.63) is 70.5 Å². The van der Waals surface area contributed by atoms with Crippen molar-refractivity contribution in [2.45, 2.75) is 70.3 Å². The van der Waals surface area contributed by atoms with Gasteiger partial charge in [0, 0.05) is 83.9 Å². The highest BCUT2D eigenvalue weighted by Crippen LogP contribution is 2.35. The molecule has 0 aliphatic carbocycles. The van der Waals surface area contributed by atoms with E-state index in [2.05, 4.69) is 27.0 Å². The van der Waals surface area contributed by atoms with Crippen LogP contribution in [0.2, 0.25) is 0 Å². The van der Waals surface area contributed by atoms with E-state index in [0.29, 0.717) is 114 Å². The maximum Gasteiger partial charge on any atom is 0.258 e. The smallest absolute Gasteiger partial charge is 0.258 e. The molecule has 0 unspecified atom stereocenters. The molecule has 4 aliphatic heterocycles. The number of morpholine rings is 1. The number of carbonyl (C=O) groups is 2. The highest BCUT2D eigenvalue weighted by molar-refractivity contribution is 5.97. The first-order valence-corrected chi connectivity index (χ1v) is 20.6. The standard InChI is InChI=1S/C42H53N11O7/c1-26(2)32-16-33(35(56)17-34(32)55)38(58)52-22-28-4-3-27(15-29(28)23-52)21-49-7-5-42(59,6-8-49)18-36(57)51-9-10-53(31(24-51)25-54)41-47-37(30-19-44-39(43)45-20-30)46-40(48-41)50-11-13-60-14-12-50/h3-4,15-17,19-20,26,31,54-56,59H,5-14,18,21-25H2,1-2H3,(H2,43,44,45)/t31-/m0/s1. The summed E-state index contributed by atoms with van der Waals surface area (Å²) in [5.41, 5.74) is 9.13. The van der Waals surface area contributed by atoms with E-state index >= 15 is 0 Å². The van der Waals surface area contributed by atoms with E-state index in [1.807, 2.05) is 29.7 Å². The van der Waals surface area contributed by atoms with Gasteiger partial charge in [0.1, 0.15) is 11.5 Å². The van der Waals surface area contributed by atoms with Gasteiger partial charge < -0.3 is 50.5 Å². The van der Waals surface area contributed by atoms with Crippen molar-refractivity contribution in [3.63, 3.8) is 0 Å². The molecule has 1 atom stereocenters. The van der Waals surface area contributed by atoms with Crippen molar-refractivity contribution in [1.29, 1.82) is 0 Å². The second-order valence-corrected chi connectivity index (χ2v) is 16.6. The quantitative estimate of drug-likeness (QED) is 0.154. The Bertz CT molecular complexity index is 2210. The predicted octanol–water partition coefficient (Wildman–Crippen LogP) is 1.86. The van der Waals surface area contributed by atoms with Crippen LogP contribution in [0, 0.1) is 0 Å². The van der Waals surface area contributed by atoms with Gasteiger partial charge in [-0.25, -0.2) is 9.97 Å². The SMILES string of the molecule is CC(C)c1cc(C(=O)N2Cc3ccc(CN4CCC(O)(CC(=O)N5CCN(c6nc(-c7cnc(N)nc7)nc(N7CCOCC7)n6)[C@H](CO)C5)CC4)cc3C2)c(O)cc1O. The minimum absolute atomic E-state index is 0.00876. The number of phenols is 2. The number of piperazine rings is 1. The third kappa shape index (κ3) is 8.77. The summed E-state index contributed by atoms with van der Waals surface area (Å²) < 4.78 is 5.53. The van der Waals surface area contributed by atoms with Crippen LogP contribution in [0.4, 0.5) is 17.8 Å². The molecule has 2 aromatic heterocycles. The van der Waals surface area contributed by atoms with Gasteiger partial charge in [0.15, 0.2) is 5.82 Å². The number of hydrogen-bond donors (Lipinski definition) is 5. The van der Waals surface area contributed by atoms with E-state index in [-0.39, 0.29) is 60.3 Å². The first-order chi connectivity index (χ1) is 28.9. The van der Waals surface area contributed by atoms with Gasteiger partial charge >= 0.3 is 0 Å². The number of nitrogen functional groups attached to an aromatic ring is 1. The summed E-state index contributed by atoms with van der Waals surface area (Å²) in [7, 11) is 0. The van der Waals surface area contributed by atoms with Gasteiger partial charge in [-0.3, -0.25) is 14.5 Å². The highest BCUT2D eigenvalue weighted by Gasteiger charge is 2.39. The van der Waals surface area contributed by atoms with Gasteiger partial charge in [0.2, 0.25) is 23.8 Å². The van der Waals surface area contributed by atoms with Crippen molar-refractivity contribution in [2.75, 3.05) is 81.2 Å². The van der Waals surface area contributed by atoms with E-state index in [0.717, 1.165) is 16.7 Å². The fourth-order valence-electron chi connectivity index (χ4n) is 8.51. The molecule has 8 rings (SSSR count). The van der Waals surface area contributed by atoms with Gasteiger partial charge in [-0.2, -0.15) is 15.0 Å². The van der Waals surface area contributed by atoms with Gasteiger partial charge in [0.05, 0.1) is 49.0 Å². The number of likely N-dealkylation sites (tertiary alicyclic amines) is 1. The molecule has 6 heterocycles. The van der Waals surface area contributed by atoms with Crippen molar-refractivity contribution < 1.29 is 34.8 Å². The maximum absolute atomic E-state index is 13.7. The molecule has 2 aromatic carbocycles. The Hall–Kier alpha value is -5.69. The summed E-state index contributed by atoms with van der Waals surface area (Å²) in [6.07, 6.45) is 3.99. The number of aliphatic hydroxyl groups excluding tert-OH is 1. The summed E-state index contributed by atoms with van der Waals surface area (Å²) >= 11 is 0. The molecule has 4 aromatic rings. The Morgan fingerprint density at radius 3 is 2.32 bits per heavy atom. The average molecular weight is 824 g/mol. The number of anilines is 3. The minimum Gasteiger partial charge on any atom is -0.508 e. The zero-order chi connectivity index (χ0) is 42.1. The van der Waals surface area contributed by atoms with Gasteiger partial charge in [0.25, 0.3) is 5.91 Å². The van der Waals surface area contributed by atoms with Crippen molar-refractivity contribution in [1.82, 2.24) is 39.6 Å². The lowest BCUT2D eigenvalue weighted by Crippen LogP contribution is -2.58. The number of phenolic OH excluding ortho intramolecular Hbond substituents is 2. The number of ether oxygens (including phenoxy) is 1. The Morgan fingerprint density at radius 1 is 0.883 bits per heavy atom. The summed E-state index contributed by atoms with van der Waals surface area (Å²) in [4.78, 5) is 59.3. The van der Waals surface area contributed by atoms with Crippen LogP contribution in [0.3, 0.4) is 0 Å². The maximum atomic E-state index is 13.7. The molecule has 0 bridgehead atoms. The first-order valence-electron chi connectivity index (χ1n) is 20.6. The number of aliphatic hydroxyl groups is 2. The van der Waals surface area contributed by atoms with Crippen LogP contribution < -0.4 is 15.5 Å². The minimum atomic E-state index is -1.15. The topological polar surface area (TPSA) is 231 Å². The third-order valence-corrected chi connectivity index (χ3v) is 12.1. The van der Waals surface area contributed by atoms with Crippen LogP contribution in [0.1, 0.15) is 71.6 Å². The predicted molar refractivity (Wildman–Crippen MR) is 221 cm³/mol. The number of aromatic hydroxyl groups is 2. The molecule has 3 fully saturated rings. The van der Waals surface area contributed by atoms with Crippen molar-refractivity contribution in [3.8, 4) is 22.9 Å². The summed E-state index contributed by atoms with van der Waals surface area (Å²) in [5, 5.41) is 43.0. The number of rotatable bonds is 10. The molecule has 0 radical (unpaired) electrons. The molecule has 18 nitrogen and oxygen atoms in total. The molecular weight excluding hydrogens is 771 g/mol. The molecule has 0 spiro atoms. The molecule has 18 heteroatoms. The second-order valence-electron chi connectivity index (χ2n) is 16.6. The fourth-order valence-corrected chi connectivity index (χ4v) is 8.51. The number of carbonyl (C=O) groups excluding carboxylic acids is 2. The number of amides is 2. The number of piperidine rings is 1. The van der Waals surface area contributed by atoms with Crippen molar-refractivity contribution >= 4 is 29.7 Å². The monoisotopic (exact) mass is 823 g/mol. The van der Waals surface area contributed by atoms with E-state index < -0.39 is 11.6 Å². The highest BCUT2D eigenvalue weighted by atomic mass is 16.5. The molecule has 60 heavy (non-hydrogen) atoms. The Kier molecular flexibility index (Phi) is 11.7. The molecule has 318 valence electrons. The molecule has 4 aliphatic rings. The van der Waals surface area contributed by atoms with E-state index in [9.17, 15) is 30.0 Å². The molecule has 2 amide bonds. The van der Waals surface area contributed by atoms with Crippen molar-refractivity contribution in [2.24, 2.45) is 0 Å². The number of nitrogens with two attached hydrogens (primary N) is 1. The first kappa shape index (κ1) is 41.1. The summed E-state index contributed by atoms with van der Waals surface area (Å²) in [5.74, 6) is 0.627. The summed E-state index contributed by atoms with van der Waals surface area (Å²) in [6.45, 7) is 9.64. The average Bonchev–Trinajstić information content (AvgIpc) is 3.68. The van der Waals surface area contributed by atoms with E-state index in [1.165, 1.54) is 6.07 Å². The lowest BCUT2D eigenvalue weighted by Gasteiger charge is -2.43. The lowest BCUT2D eigenvalue weighted by atomic mass is 9.87. The van der Waals surface area contributed by atoms with Gasteiger partial charge in [-0.05, 0) is 47.1 Å². The largest absolute Gasteiger partial charge is 0.508 e. The van der Waals surface area contributed by atoms with E-state index in [1.54, 1.807) is 28.3 Å². The van der Waals surface area contributed by atoms with Crippen LogP contribution in [0.5, 0.6) is 11.5 Å². The van der Waals surface area contributed by atoms with Crippen LogP contribution in [0.25, 0.3) is 11.4 Å². The number of nitrogens with zero attached hydrogens (tertiary/aromatic N) is 10. The van der Waals surface area contributed by atoms with Gasteiger partial charge in [-0.15, -0.1) is 0 Å². The Labute approximate surface area is 348 Å². The number of benzene rings is 2. The van der Waals surface area contributed by atoms with Crippen LogP contribution in [0.15, 0.2) is 42.7 Å². The Morgan fingerprint density at radius 2 is 1.60 bits per heavy atom. The summed E-state index contributed by atoms with van der Waals surface area (Å²) in [6, 6.07) is 8.57. The fraction of sp³-hybridized carbons (Fsp3) is 0.500. The lowest BCUT2D eigenvalue weighted by molar-refractivity contribution is -0.139.